The normalized spacial score (nSPS) is 18.4. The van der Waals surface area contributed by atoms with Crippen LogP contribution in [-0.4, -0.2) is 45.7 Å². The molecule has 0 radical (unpaired) electrons. The van der Waals surface area contributed by atoms with Gasteiger partial charge in [-0.2, -0.15) is 5.10 Å². The molecule has 6 nitrogen and oxygen atoms in total. The molecule has 0 spiro atoms. The monoisotopic (exact) mass is 344 g/mol. The molecular formula is C18H21FN4O2. The van der Waals surface area contributed by atoms with Crippen molar-refractivity contribution in [2.45, 2.75) is 37.5 Å². The fraction of sp³-hybridized carbons (Fsp3) is 0.500. The summed E-state index contributed by atoms with van der Waals surface area (Å²) < 4.78 is 18.3. The van der Waals surface area contributed by atoms with E-state index in [0.717, 1.165) is 24.5 Å². The van der Waals surface area contributed by atoms with E-state index in [1.165, 1.54) is 37.1 Å². The number of halogens is 1. The summed E-state index contributed by atoms with van der Waals surface area (Å²) in [5.41, 5.74) is 0. The Morgan fingerprint density at radius 1 is 1.16 bits per heavy atom. The minimum atomic E-state index is -0.321. The van der Waals surface area contributed by atoms with Crippen molar-refractivity contribution < 1.29 is 13.9 Å². The Morgan fingerprint density at radius 3 is 2.56 bits per heavy atom. The van der Waals surface area contributed by atoms with Crippen molar-refractivity contribution in [1.29, 1.82) is 0 Å². The van der Waals surface area contributed by atoms with Crippen LogP contribution in [0.2, 0.25) is 0 Å². The van der Waals surface area contributed by atoms with Gasteiger partial charge in [0.25, 0.3) is 5.91 Å². The molecule has 2 aromatic rings. The van der Waals surface area contributed by atoms with Crippen molar-refractivity contribution in [3.05, 3.63) is 41.7 Å². The number of hydrogen-bond acceptors (Lipinski definition) is 4. The third-order valence-electron chi connectivity index (χ3n) is 4.87. The van der Waals surface area contributed by atoms with Gasteiger partial charge in [-0.15, -0.1) is 0 Å². The SMILES string of the molecule is O=C(COc1ccc(F)cc1)N1CCC(c2nc(C3CC3)n[nH]2)CC1. The number of nitrogens with one attached hydrogen (secondary N) is 1. The van der Waals surface area contributed by atoms with E-state index in [1.807, 2.05) is 4.90 Å². The van der Waals surface area contributed by atoms with Gasteiger partial charge < -0.3 is 9.64 Å². The Kier molecular flexibility index (Phi) is 4.38. The van der Waals surface area contributed by atoms with E-state index in [9.17, 15) is 9.18 Å². The highest BCUT2D eigenvalue weighted by Crippen LogP contribution is 2.38. The summed E-state index contributed by atoms with van der Waals surface area (Å²) in [6.45, 7) is 1.36. The lowest BCUT2D eigenvalue weighted by atomic mass is 9.96. The maximum atomic E-state index is 12.9. The molecule has 1 amide bonds. The second kappa shape index (κ2) is 6.82. The lowest BCUT2D eigenvalue weighted by Crippen LogP contribution is -2.40. The van der Waals surface area contributed by atoms with Crippen LogP contribution in [-0.2, 0) is 4.79 Å². The van der Waals surface area contributed by atoms with Crippen molar-refractivity contribution in [3.63, 3.8) is 0 Å². The molecule has 2 aliphatic rings. The van der Waals surface area contributed by atoms with Gasteiger partial charge in [0.05, 0.1) is 0 Å². The number of amides is 1. The van der Waals surface area contributed by atoms with Gasteiger partial charge in [0.2, 0.25) is 0 Å². The van der Waals surface area contributed by atoms with Gasteiger partial charge in [-0.05, 0) is 49.9 Å². The molecule has 2 fully saturated rings. The number of ether oxygens (including phenoxy) is 1. The first kappa shape index (κ1) is 16.1. The number of likely N-dealkylation sites (tertiary alicyclic amines) is 1. The molecular weight excluding hydrogens is 323 g/mol. The molecule has 0 atom stereocenters. The lowest BCUT2D eigenvalue weighted by Gasteiger charge is -2.30. The third-order valence-corrected chi connectivity index (χ3v) is 4.87. The quantitative estimate of drug-likeness (QED) is 0.905. The number of aromatic amines is 1. The average molecular weight is 344 g/mol. The van der Waals surface area contributed by atoms with Crippen LogP contribution in [0.1, 0.15) is 49.2 Å². The van der Waals surface area contributed by atoms with Gasteiger partial charge in [-0.1, -0.05) is 0 Å². The predicted octanol–water partition coefficient (Wildman–Crippen LogP) is 2.61. The van der Waals surface area contributed by atoms with E-state index in [0.29, 0.717) is 30.7 Å². The molecule has 2 heterocycles. The van der Waals surface area contributed by atoms with E-state index in [-0.39, 0.29) is 18.3 Å². The maximum Gasteiger partial charge on any atom is 0.260 e. The van der Waals surface area contributed by atoms with Crippen LogP contribution in [0, 0.1) is 5.82 Å². The zero-order valence-corrected chi connectivity index (χ0v) is 13.9. The van der Waals surface area contributed by atoms with Gasteiger partial charge in [-0.25, -0.2) is 9.37 Å². The van der Waals surface area contributed by atoms with Crippen molar-refractivity contribution in [1.82, 2.24) is 20.1 Å². The first-order valence-corrected chi connectivity index (χ1v) is 8.77. The molecule has 1 N–H and O–H groups in total. The molecule has 1 aromatic carbocycles. The number of aromatic nitrogens is 3. The Morgan fingerprint density at radius 2 is 1.88 bits per heavy atom. The lowest BCUT2D eigenvalue weighted by molar-refractivity contribution is -0.134. The fourth-order valence-electron chi connectivity index (χ4n) is 3.16. The van der Waals surface area contributed by atoms with Crippen LogP contribution in [0.5, 0.6) is 5.75 Å². The van der Waals surface area contributed by atoms with Gasteiger partial charge in [0, 0.05) is 24.9 Å². The summed E-state index contributed by atoms with van der Waals surface area (Å²) in [6.07, 6.45) is 4.14. The summed E-state index contributed by atoms with van der Waals surface area (Å²) in [6, 6.07) is 5.68. The predicted molar refractivity (Wildman–Crippen MR) is 88.8 cm³/mol. The van der Waals surface area contributed by atoms with Gasteiger partial charge in [0.1, 0.15) is 17.4 Å². The fourth-order valence-corrected chi connectivity index (χ4v) is 3.16. The highest BCUT2D eigenvalue weighted by atomic mass is 19.1. The second-order valence-electron chi connectivity index (χ2n) is 6.75. The van der Waals surface area contributed by atoms with E-state index >= 15 is 0 Å². The number of nitrogens with zero attached hydrogens (tertiary/aromatic N) is 3. The van der Waals surface area contributed by atoms with E-state index in [2.05, 4.69) is 15.2 Å². The molecule has 1 aliphatic carbocycles. The molecule has 1 aromatic heterocycles. The largest absolute Gasteiger partial charge is 0.484 e. The van der Waals surface area contributed by atoms with Crippen molar-refractivity contribution in [2.75, 3.05) is 19.7 Å². The second-order valence-corrected chi connectivity index (χ2v) is 6.75. The molecule has 1 saturated heterocycles. The van der Waals surface area contributed by atoms with Crippen LogP contribution in [0.3, 0.4) is 0 Å². The molecule has 1 saturated carbocycles. The smallest absolute Gasteiger partial charge is 0.260 e. The Balaban J connectivity index is 1.25. The summed E-state index contributed by atoms with van der Waals surface area (Å²) in [4.78, 5) is 18.7. The number of H-pyrrole nitrogens is 1. The van der Waals surface area contributed by atoms with Gasteiger partial charge >= 0.3 is 0 Å². The molecule has 132 valence electrons. The molecule has 1 aliphatic heterocycles. The molecule has 4 rings (SSSR count). The number of piperidine rings is 1. The van der Waals surface area contributed by atoms with Crippen LogP contribution >= 0.6 is 0 Å². The average Bonchev–Trinajstić information content (AvgIpc) is 3.38. The Labute approximate surface area is 145 Å². The van der Waals surface area contributed by atoms with Gasteiger partial charge in [-0.3, -0.25) is 9.89 Å². The number of rotatable bonds is 5. The number of carbonyl (C=O) groups excluding carboxylic acids is 1. The first-order chi connectivity index (χ1) is 12.2. The number of hydrogen-bond donors (Lipinski definition) is 1. The zero-order chi connectivity index (χ0) is 17.2. The highest BCUT2D eigenvalue weighted by Gasteiger charge is 2.30. The van der Waals surface area contributed by atoms with Crippen LogP contribution in [0.25, 0.3) is 0 Å². The van der Waals surface area contributed by atoms with E-state index in [1.54, 1.807) is 0 Å². The first-order valence-electron chi connectivity index (χ1n) is 8.77. The Hall–Kier alpha value is -2.44. The van der Waals surface area contributed by atoms with Crippen molar-refractivity contribution >= 4 is 5.91 Å². The molecule has 0 bridgehead atoms. The van der Waals surface area contributed by atoms with Crippen molar-refractivity contribution in [3.8, 4) is 5.75 Å². The number of carbonyl (C=O) groups is 1. The maximum absolute atomic E-state index is 12.9. The van der Waals surface area contributed by atoms with E-state index in [4.69, 9.17) is 4.74 Å². The molecule has 7 heteroatoms. The van der Waals surface area contributed by atoms with Crippen LogP contribution in [0.15, 0.2) is 24.3 Å². The van der Waals surface area contributed by atoms with Gasteiger partial charge in [0.15, 0.2) is 12.4 Å². The number of benzene rings is 1. The molecule has 25 heavy (non-hydrogen) atoms. The summed E-state index contributed by atoms with van der Waals surface area (Å²) in [5, 5.41) is 7.39. The summed E-state index contributed by atoms with van der Waals surface area (Å²) in [5.74, 6) is 2.92. The third kappa shape index (κ3) is 3.81. The minimum Gasteiger partial charge on any atom is -0.484 e. The van der Waals surface area contributed by atoms with E-state index < -0.39 is 0 Å². The van der Waals surface area contributed by atoms with Crippen molar-refractivity contribution in [2.24, 2.45) is 0 Å². The van der Waals surface area contributed by atoms with Crippen LogP contribution < -0.4 is 4.74 Å². The van der Waals surface area contributed by atoms with Crippen LogP contribution in [0.4, 0.5) is 4.39 Å². The summed E-state index contributed by atoms with van der Waals surface area (Å²) >= 11 is 0. The highest BCUT2D eigenvalue weighted by molar-refractivity contribution is 5.77. The molecule has 0 unspecified atom stereocenters. The minimum absolute atomic E-state index is 0.0234. The zero-order valence-electron chi connectivity index (χ0n) is 13.9. The Bertz CT molecular complexity index is 734. The topological polar surface area (TPSA) is 71.1 Å². The summed E-state index contributed by atoms with van der Waals surface area (Å²) in [7, 11) is 0. The standard InChI is InChI=1S/C18H21FN4O2/c19-14-3-5-15(6-4-14)25-11-16(24)23-9-7-13(8-10-23)18-20-17(21-22-18)12-1-2-12/h3-6,12-13H,1-2,7-11H2,(H,20,21,22).